The van der Waals surface area contributed by atoms with Crippen molar-refractivity contribution >= 4 is 50.7 Å². The number of sulfonamides is 1. The SMILES string of the molecule is Cc1ccc(N(CC(=O)N(Cc2c(Cl)cccc2Cl)[C@H](Cc2ccccc2)C(=O)NC2CCCC2)S(C)(=O)=O)cc1C. The van der Waals surface area contributed by atoms with Crippen LogP contribution in [0.3, 0.4) is 0 Å². The summed E-state index contributed by atoms with van der Waals surface area (Å²) in [6, 6.07) is 18.8. The van der Waals surface area contributed by atoms with Gasteiger partial charge in [0.15, 0.2) is 0 Å². The highest BCUT2D eigenvalue weighted by Gasteiger charge is 2.35. The molecule has 3 aromatic carbocycles. The van der Waals surface area contributed by atoms with Crippen molar-refractivity contribution in [3.05, 3.63) is 99.0 Å². The average Bonchev–Trinajstić information content (AvgIpc) is 3.45. The van der Waals surface area contributed by atoms with Crippen LogP contribution in [0.15, 0.2) is 66.7 Å². The largest absolute Gasteiger partial charge is 0.352 e. The molecular weight excluding hydrogens is 593 g/mol. The third-order valence-corrected chi connectivity index (χ3v) is 9.67. The van der Waals surface area contributed by atoms with Crippen LogP contribution in [0.25, 0.3) is 0 Å². The van der Waals surface area contributed by atoms with Crippen LogP contribution in [-0.4, -0.2) is 50.0 Å². The second-order valence-corrected chi connectivity index (χ2v) is 13.7. The molecule has 4 rings (SSSR count). The lowest BCUT2D eigenvalue weighted by atomic mass is 10.0. The minimum absolute atomic E-state index is 0.0275. The maximum atomic E-state index is 14.3. The zero-order valence-electron chi connectivity index (χ0n) is 24.1. The zero-order chi connectivity index (χ0) is 30.4. The zero-order valence-corrected chi connectivity index (χ0v) is 26.5. The third-order valence-electron chi connectivity index (χ3n) is 7.82. The van der Waals surface area contributed by atoms with E-state index in [1.165, 1.54) is 4.90 Å². The van der Waals surface area contributed by atoms with Crippen LogP contribution in [0.1, 0.15) is 47.9 Å². The Labute approximate surface area is 258 Å². The Morgan fingerprint density at radius 1 is 0.929 bits per heavy atom. The lowest BCUT2D eigenvalue weighted by molar-refractivity contribution is -0.140. The van der Waals surface area contributed by atoms with Crippen molar-refractivity contribution in [2.75, 3.05) is 17.1 Å². The molecule has 2 amide bonds. The highest BCUT2D eigenvalue weighted by Crippen LogP contribution is 2.29. The van der Waals surface area contributed by atoms with Crippen molar-refractivity contribution in [1.29, 1.82) is 0 Å². The molecular formula is C32H37Cl2N3O4S. The van der Waals surface area contributed by atoms with Crippen molar-refractivity contribution < 1.29 is 18.0 Å². The molecule has 0 spiro atoms. The minimum Gasteiger partial charge on any atom is -0.352 e. The van der Waals surface area contributed by atoms with Crippen LogP contribution < -0.4 is 9.62 Å². The summed E-state index contributed by atoms with van der Waals surface area (Å²) >= 11 is 13.1. The van der Waals surface area contributed by atoms with Crippen molar-refractivity contribution in [2.24, 2.45) is 0 Å². The van der Waals surface area contributed by atoms with Gasteiger partial charge in [-0.25, -0.2) is 8.42 Å². The minimum atomic E-state index is -3.86. The van der Waals surface area contributed by atoms with E-state index in [1.54, 1.807) is 30.3 Å². The molecule has 10 heteroatoms. The number of benzene rings is 3. The van der Waals surface area contributed by atoms with Gasteiger partial charge in [0, 0.05) is 34.6 Å². The average molecular weight is 631 g/mol. The highest BCUT2D eigenvalue weighted by molar-refractivity contribution is 7.92. The van der Waals surface area contributed by atoms with Crippen molar-refractivity contribution in [2.45, 2.75) is 64.6 Å². The van der Waals surface area contributed by atoms with Crippen molar-refractivity contribution in [1.82, 2.24) is 10.2 Å². The molecule has 1 saturated carbocycles. The van der Waals surface area contributed by atoms with Crippen LogP contribution >= 0.6 is 23.2 Å². The van der Waals surface area contributed by atoms with Gasteiger partial charge >= 0.3 is 0 Å². The van der Waals surface area contributed by atoms with E-state index in [0.29, 0.717) is 21.3 Å². The first-order valence-corrected chi connectivity index (χ1v) is 16.7. The number of anilines is 1. The molecule has 1 aliphatic carbocycles. The standard InChI is InChI=1S/C32H37Cl2N3O4S/c1-22-16-17-26(18-23(22)2)37(42(3,40)41)21-31(38)36(20-27-28(33)14-9-15-29(27)34)30(19-24-10-5-4-6-11-24)32(39)35-25-12-7-8-13-25/h4-6,9-11,14-18,25,30H,7-8,12-13,19-21H2,1-3H3,(H,35,39)/t30-/m1/s1. The molecule has 1 N–H and O–H groups in total. The fraction of sp³-hybridized carbons (Fsp3) is 0.375. The summed E-state index contributed by atoms with van der Waals surface area (Å²) in [5.74, 6) is -0.837. The summed E-state index contributed by atoms with van der Waals surface area (Å²) in [5, 5.41) is 3.85. The van der Waals surface area contributed by atoms with Gasteiger partial charge in [-0.15, -0.1) is 0 Å². The van der Waals surface area contributed by atoms with Gasteiger partial charge in [0.25, 0.3) is 0 Å². The molecule has 42 heavy (non-hydrogen) atoms. The first-order chi connectivity index (χ1) is 19.9. The molecule has 1 fully saturated rings. The molecule has 0 aliphatic heterocycles. The van der Waals surface area contributed by atoms with E-state index >= 15 is 0 Å². The summed E-state index contributed by atoms with van der Waals surface area (Å²) in [6.07, 6.45) is 5.12. The number of rotatable bonds is 11. The topological polar surface area (TPSA) is 86.8 Å². The van der Waals surface area contributed by atoms with Crippen molar-refractivity contribution in [3.8, 4) is 0 Å². The Kier molecular flexibility index (Phi) is 10.6. The molecule has 0 heterocycles. The number of amides is 2. The Morgan fingerprint density at radius 2 is 1.57 bits per heavy atom. The molecule has 0 saturated heterocycles. The number of carbonyl (C=O) groups is 2. The fourth-order valence-electron chi connectivity index (χ4n) is 5.27. The van der Waals surface area contributed by atoms with E-state index in [9.17, 15) is 18.0 Å². The summed E-state index contributed by atoms with van der Waals surface area (Å²) in [6.45, 7) is 3.25. The molecule has 0 bridgehead atoms. The molecule has 0 aromatic heterocycles. The Bertz CT molecular complexity index is 1510. The Hall–Kier alpha value is -3.07. The number of hydrogen-bond acceptors (Lipinski definition) is 4. The number of halogens is 2. The van der Waals surface area contributed by atoms with Crippen LogP contribution in [0.4, 0.5) is 5.69 Å². The second-order valence-electron chi connectivity index (χ2n) is 11.0. The van der Waals surface area contributed by atoms with E-state index in [4.69, 9.17) is 23.2 Å². The maximum Gasteiger partial charge on any atom is 0.244 e. The second kappa shape index (κ2) is 13.9. The van der Waals surface area contributed by atoms with Gasteiger partial charge in [0.1, 0.15) is 12.6 Å². The van der Waals surface area contributed by atoms with Gasteiger partial charge in [-0.1, -0.05) is 78.5 Å². The molecule has 3 aromatic rings. The first-order valence-electron chi connectivity index (χ1n) is 14.1. The molecule has 1 atom stereocenters. The van der Waals surface area contributed by atoms with Crippen LogP contribution in [0, 0.1) is 13.8 Å². The van der Waals surface area contributed by atoms with E-state index < -0.39 is 28.5 Å². The molecule has 1 aliphatic rings. The number of hydrogen-bond donors (Lipinski definition) is 1. The van der Waals surface area contributed by atoms with Gasteiger partial charge in [0.2, 0.25) is 21.8 Å². The predicted octanol–water partition coefficient (Wildman–Crippen LogP) is 6.08. The smallest absolute Gasteiger partial charge is 0.244 e. The van der Waals surface area contributed by atoms with Crippen LogP contribution in [0.2, 0.25) is 10.0 Å². The van der Waals surface area contributed by atoms with Gasteiger partial charge in [-0.05, 0) is 67.6 Å². The van der Waals surface area contributed by atoms with Crippen molar-refractivity contribution in [3.63, 3.8) is 0 Å². The van der Waals surface area contributed by atoms with Gasteiger partial charge in [0.05, 0.1) is 11.9 Å². The highest BCUT2D eigenvalue weighted by atomic mass is 35.5. The third kappa shape index (κ3) is 8.06. The van der Waals surface area contributed by atoms with Gasteiger partial charge in [-0.3, -0.25) is 13.9 Å². The molecule has 0 unspecified atom stereocenters. The molecule has 7 nitrogen and oxygen atoms in total. The lowest BCUT2D eigenvalue weighted by Crippen LogP contribution is -2.54. The molecule has 224 valence electrons. The van der Waals surface area contributed by atoms with Crippen LogP contribution in [-0.2, 0) is 32.6 Å². The van der Waals surface area contributed by atoms with E-state index in [-0.39, 0.29) is 24.9 Å². The normalized spacial score (nSPS) is 14.4. The molecule has 0 radical (unpaired) electrons. The first kappa shape index (κ1) is 31.9. The summed E-state index contributed by atoms with van der Waals surface area (Å²) in [5.41, 5.74) is 3.62. The predicted molar refractivity (Wildman–Crippen MR) is 169 cm³/mol. The lowest BCUT2D eigenvalue weighted by Gasteiger charge is -2.34. The van der Waals surface area contributed by atoms with Crippen LogP contribution in [0.5, 0.6) is 0 Å². The van der Waals surface area contributed by atoms with E-state index in [0.717, 1.165) is 52.9 Å². The number of aryl methyl sites for hydroxylation is 2. The summed E-state index contributed by atoms with van der Waals surface area (Å²) in [7, 11) is -3.86. The fourth-order valence-corrected chi connectivity index (χ4v) is 6.63. The number of carbonyl (C=O) groups excluding carboxylic acids is 2. The van der Waals surface area contributed by atoms with Gasteiger partial charge < -0.3 is 10.2 Å². The monoisotopic (exact) mass is 629 g/mol. The van der Waals surface area contributed by atoms with Gasteiger partial charge in [-0.2, -0.15) is 0 Å². The summed E-state index contributed by atoms with van der Waals surface area (Å²) < 4.78 is 27.1. The van der Waals surface area contributed by atoms with E-state index in [1.807, 2.05) is 50.2 Å². The number of nitrogens with zero attached hydrogens (tertiary/aromatic N) is 2. The quantitative estimate of drug-likeness (QED) is 0.279. The Morgan fingerprint density at radius 3 is 2.17 bits per heavy atom. The van der Waals surface area contributed by atoms with E-state index in [2.05, 4.69) is 5.32 Å². The Balaban J connectivity index is 1.77. The maximum absolute atomic E-state index is 14.3. The summed E-state index contributed by atoms with van der Waals surface area (Å²) in [4.78, 5) is 29.6. The number of nitrogens with one attached hydrogen (secondary N) is 1.